The first kappa shape index (κ1) is 17.4. The van der Waals surface area contributed by atoms with Crippen LogP contribution in [0, 0.1) is 0 Å². The molecule has 0 saturated carbocycles. The van der Waals surface area contributed by atoms with E-state index in [1.807, 2.05) is 41.5 Å². The first-order valence-electron chi connectivity index (χ1n) is 7.49. The topological polar surface area (TPSA) is 55.8 Å². The zero-order valence-electron chi connectivity index (χ0n) is 13.9. The molecule has 1 heterocycles. The molecule has 0 aromatic rings. The number of hydrogen-bond donors (Lipinski definition) is 2. The number of hydrogen-bond acceptors (Lipinski definition) is 4. The van der Waals surface area contributed by atoms with Crippen LogP contribution < -0.4 is 5.32 Å². The van der Waals surface area contributed by atoms with Gasteiger partial charge < -0.3 is 10.4 Å². The third-order valence-corrected chi connectivity index (χ3v) is 3.44. The molecule has 1 aliphatic rings. The van der Waals surface area contributed by atoms with Crippen molar-refractivity contribution in [3.63, 3.8) is 0 Å². The normalized spacial score (nSPS) is 20.8. The van der Waals surface area contributed by atoms with Crippen LogP contribution in [0.1, 0.15) is 41.5 Å². The molecule has 1 atom stereocenters. The Hall–Kier alpha value is -0.650. The minimum atomic E-state index is -0.655. The van der Waals surface area contributed by atoms with Crippen molar-refractivity contribution >= 4 is 5.91 Å². The Morgan fingerprint density at radius 2 is 1.65 bits per heavy atom. The number of nitrogens with one attached hydrogen (secondary N) is 1. The van der Waals surface area contributed by atoms with Crippen LogP contribution in [0.3, 0.4) is 0 Å². The SMILES string of the molecule is CC(C(=O)NC(C)(C)C)N1CCN(CC(C)(C)O)CC1. The van der Waals surface area contributed by atoms with Crippen molar-refractivity contribution in [3.05, 3.63) is 0 Å². The van der Waals surface area contributed by atoms with Gasteiger partial charge in [0, 0.05) is 38.3 Å². The van der Waals surface area contributed by atoms with Crippen molar-refractivity contribution in [2.75, 3.05) is 32.7 Å². The summed E-state index contributed by atoms with van der Waals surface area (Å²) in [5.74, 6) is 0.0911. The van der Waals surface area contributed by atoms with Crippen molar-refractivity contribution < 1.29 is 9.90 Å². The van der Waals surface area contributed by atoms with E-state index in [9.17, 15) is 9.90 Å². The maximum absolute atomic E-state index is 12.2. The highest BCUT2D eigenvalue weighted by Gasteiger charge is 2.29. The highest BCUT2D eigenvalue weighted by molar-refractivity contribution is 5.81. The molecule has 1 rings (SSSR count). The van der Waals surface area contributed by atoms with Gasteiger partial charge in [0.15, 0.2) is 0 Å². The van der Waals surface area contributed by atoms with E-state index in [2.05, 4.69) is 15.1 Å². The van der Waals surface area contributed by atoms with Gasteiger partial charge in [-0.2, -0.15) is 0 Å². The first-order valence-corrected chi connectivity index (χ1v) is 7.49. The molecule has 0 bridgehead atoms. The van der Waals surface area contributed by atoms with Crippen LogP contribution in [0.25, 0.3) is 0 Å². The summed E-state index contributed by atoms with van der Waals surface area (Å²) < 4.78 is 0. The number of aliphatic hydroxyl groups is 1. The molecule has 2 N–H and O–H groups in total. The zero-order valence-corrected chi connectivity index (χ0v) is 13.9. The molecule has 1 unspecified atom stereocenters. The first-order chi connectivity index (χ1) is 8.98. The van der Waals surface area contributed by atoms with Crippen molar-refractivity contribution in [3.8, 4) is 0 Å². The van der Waals surface area contributed by atoms with Crippen molar-refractivity contribution in [1.82, 2.24) is 15.1 Å². The molecule has 118 valence electrons. The molecule has 0 aromatic heterocycles. The third-order valence-electron chi connectivity index (χ3n) is 3.44. The molecule has 5 heteroatoms. The molecule has 1 amide bonds. The fourth-order valence-corrected chi connectivity index (χ4v) is 2.50. The summed E-state index contributed by atoms with van der Waals surface area (Å²) in [4.78, 5) is 16.6. The summed E-state index contributed by atoms with van der Waals surface area (Å²) in [6.45, 7) is 15.8. The fourth-order valence-electron chi connectivity index (χ4n) is 2.50. The standard InChI is InChI=1S/C15H31N3O2/c1-12(13(19)16-14(2,3)4)18-9-7-17(8-10-18)11-15(5,6)20/h12,20H,7-11H2,1-6H3,(H,16,19). The Labute approximate surface area is 123 Å². The van der Waals surface area contributed by atoms with Gasteiger partial charge in [0.05, 0.1) is 11.6 Å². The van der Waals surface area contributed by atoms with E-state index in [0.717, 1.165) is 26.2 Å². The number of carbonyl (C=O) groups is 1. The number of rotatable bonds is 4. The van der Waals surface area contributed by atoms with Crippen molar-refractivity contribution in [2.45, 2.75) is 58.7 Å². The summed E-state index contributed by atoms with van der Waals surface area (Å²) in [6.07, 6.45) is 0. The van der Waals surface area contributed by atoms with E-state index >= 15 is 0 Å². The van der Waals surface area contributed by atoms with Gasteiger partial charge >= 0.3 is 0 Å². The monoisotopic (exact) mass is 285 g/mol. The van der Waals surface area contributed by atoms with Gasteiger partial charge in [-0.15, -0.1) is 0 Å². The second kappa shape index (κ2) is 6.41. The van der Waals surface area contributed by atoms with E-state index in [1.165, 1.54) is 0 Å². The molecular formula is C15H31N3O2. The van der Waals surface area contributed by atoms with Crippen LogP contribution in [0.15, 0.2) is 0 Å². The predicted molar refractivity (Wildman–Crippen MR) is 81.7 cm³/mol. The minimum absolute atomic E-state index is 0.0911. The zero-order chi connectivity index (χ0) is 15.6. The quantitative estimate of drug-likeness (QED) is 0.797. The molecular weight excluding hydrogens is 254 g/mol. The maximum atomic E-state index is 12.2. The van der Waals surface area contributed by atoms with E-state index in [1.54, 1.807) is 0 Å². The van der Waals surface area contributed by atoms with Crippen LogP contribution in [-0.2, 0) is 4.79 Å². The number of nitrogens with zero attached hydrogens (tertiary/aromatic N) is 2. The summed E-state index contributed by atoms with van der Waals surface area (Å²) in [7, 11) is 0. The number of β-amino-alcohol motifs (C(OH)–C–C–N with tert-alkyl or cyclic N) is 1. The molecule has 1 saturated heterocycles. The summed E-state index contributed by atoms with van der Waals surface area (Å²) in [6, 6.07) is -0.0986. The Morgan fingerprint density at radius 1 is 1.15 bits per heavy atom. The summed E-state index contributed by atoms with van der Waals surface area (Å²) >= 11 is 0. The van der Waals surface area contributed by atoms with Crippen LogP contribution in [0.4, 0.5) is 0 Å². The van der Waals surface area contributed by atoms with E-state index in [0.29, 0.717) is 6.54 Å². The Morgan fingerprint density at radius 3 is 2.05 bits per heavy atom. The molecule has 0 spiro atoms. The number of piperazine rings is 1. The fraction of sp³-hybridized carbons (Fsp3) is 0.933. The highest BCUT2D eigenvalue weighted by atomic mass is 16.3. The summed E-state index contributed by atoms with van der Waals surface area (Å²) in [5.41, 5.74) is -0.842. The molecule has 1 aliphatic heterocycles. The highest BCUT2D eigenvalue weighted by Crippen LogP contribution is 2.11. The minimum Gasteiger partial charge on any atom is -0.389 e. The maximum Gasteiger partial charge on any atom is 0.237 e. The Bertz CT molecular complexity index is 323. The van der Waals surface area contributed by atoms with E-state index in [-0.39, 0.29) is 17.5 Å². The van der Waals surface area contributed by atoms with Crippen molar-refractivity contribution in [1.29, 1.82) is 0 Å². The molecule has 5 nitrogen and oxygen atoms in total. The van der Waals surface area contributed by atoms with Crippen LogP contribution in [-0.4, -0.2) is 70.7 Å². The largest absolute Gasteiger partial charge is 0.389 e. The number of amides is 1. The summed E-state index contributed by atoms with van der Waals surface area (Å²) in [5, 5.41) is 12.9. The molecule has 0 aliphatic carbocycles. The average molecular weight is 285 g/mol. The lowest BCUT2D eigenvalue weighted by Crippen LogP contribution is -2.57. The van der Waals surface area contributed by atoms with Gasteiger partial charge in [-0.25, -0.2) is 0 Å². The Balaban J connectivity index is 2.43. The van der Waals surface area contributed by atoms with Crippen LogP contribution in [0.2, 0.25) is 0 Å². The Kier molecular flexibility index (Phi) is 5.58. The van der Waals surface area contributed by atoms with Gasteiger partial charge in [-0.1, -0.05) is 0 Å². The molecule has 0 radical (unpaired) electrons. The molecule has 0 aromatic carbocycles. The lowest BCUT2D eigenvalue weighted by Gasteiger charge is -2.39. The lowest BCUT2D eigenvalue weighted by atomic mass is 10.1. The molecule has 1 fully saturated rings. The van der Waals surface area contributed by atoms with Gasteiger partial charge in [-0.3, -0.25) is 14.6 Å². The lowest BCUT2D eigenvalue weighted by molar-refractivity contribution is -0.128. The van der Waals surface area contributed by atoms with Gasteiger partial charge in [0.25, 0.3) is 0 Å². The van der Waals surface area contributed by atoms with Crippen LogP contribution in [0.5, 0.6) is 0 Å². The van der Waals surface area contributed by atoms with Crippen LogP contribution >= 0.6 is 0 Å². The smallest absolute Gasteiger partial charge is 0.237 e. The molecule has 20 heavy (non-hydrogen) atoms. The van der Waals surface area contributed by atoms with Gasteiger partial charge in [0.1, 0.15) is 0 Å². The second-order valence-corrected chi connectivity index (χ2v) is 7.54. The van der Waals surface area contributed by atoms with Crippen molar-refractivity contribution in [2.24, 2.45) is 0 Å². The van der Waals surface area contributed by atoms with E-state index < -0.39 is 5.60 Å². The number of carbonyl (C=O) groups excluding carboxylic acids is 1. The van der Waals surface area contributed by atoms with Gasteiger partial charge in [-0.05, 0) is 41.5 Å². The second-order valence-electron chi connectivity index (χ2n) is 7.54. The average Bonchev–Trinajstić information content (AvgIpc) is 2.24. The van der Waals surface area contributed by atoms with E-state index in [4.69, 9.17) is 0 Å². The third kappa shape index (κ3) is 6.20. The van der Waals surface area contributed by atoms with Gasteiger partial charge in [0.2, 0.25) is 5.91 Å². The predicted octanol–water partition coefficient (Wildman–Crippen LogP) is 0.678.